The van der Waals surface area contributed by atoms with E-state index in [1.807, 2.05) is 24.3 Å². The lowest BCUT2D eigenvalue weighted by atomic mass is 10.1. The van der Waals surface area contributed by atoms with Crippen molar-refractivity contribution in [2.75, 3.05) is 0 Å². The van der Waals surface area contributed by atoms with Crippen LogP contribution in [0.1, 0.15) is 27.0 Å². The van der Waals surface area contributed by atoms with Gasteiger partial charge in [0.1, 0.15) is 18.1 Å². The first-order chi connectivity index (χ1) is 14.0. The molecule has 0 bridgehead atoms. The Bertz CT molecular complexity index is 1130. The molecule has 0 aromatic heterocycles. The largest absolute Gasteiger partial charge is 0.489 e. The number of halogens is 2. The molecule has 29 heavy (non-hydrogen) atoms. The average molecular weight is 423 g/mol. The Hall–Kier alpha value is -3.01. The van der Waals surface area contributed by atoms with E-state index < -0.39 is 0 Å². The number of hydrogen-bond donors (Lipinski definition) is 0. The molecule has 5 heteroatoms. The van der Waals surface area contributed by atoms with E-state index in [4.69, 9.17) is 32.7 Å². The monoisotopic (exact) mass is 422 g/mol. The summed E-state index contributed by atoms with van der Waals surface area (Å²) in [6, 6.07) is 18.2. The van der Waals surface area contributed by atoms with Gasteiger partial charge in [0.05, 0.1) is 5.56 Å². The maximum atomic E-state index is 12.6. The van der Waals surface area contributed by atoms with Gasteiger partial charge in [-0.2, -0.15) is 0 Å². The van der Waals surface area contributed by atoms with E-state index in [2.05, 4.69) is 6.58 Å². The predicted octanol–water partition coefficient (Wildman–Crippen LogP) is 6.83. The summed E-state index contributed by atoms with van der Waals surface area (Å²) in [7, 11) is 0. The molecule has 1 aliphatic heterocycles. The highest BCUT2D eigenvalue weighted by Gasteiger charge is 2.28. The van der Waals surface area contributed by atoms with Crippen molar-refractivity contribution in [3.05, 3.63) is 105 Å². The van der Waals surface area contributed by atoms with Crippen molar-refractivity contribution in [2.45, 2.75) is 6.61 Å². The molecule has 4 rings (SSSR count). The molecule has 3 aromatic rings. The number of carbonyl (C=O) groups is 1. The van der Waals surface area contributed by atoms with Gasteiger partial charge in [0, 0.05) is 16.1 Å². The summed E-state index contributed by atoms with van der Waals surface area (Å²) in [4.78, 5) is 12.6. The standard InChI is InChI=1S/C24H16Cl2O3/c1-2-15-3-5-16(6-4-15)14-28-19-9-10-20-22(13-19)29-23(24(20)27)11-17-7-8-18(25)12-21(17)26/h2-13H,1,14H2/b23-11-. The van der Waals surface area contributed by atoms with Crippen LogP contribution in [0.15, 0.2) is 73.0 Å². The zero-order valence-electron chi connectivity index (χ0n) is 15.3. The number of fused-ring (bicyclic) bond motifs is 1. The maximum Gasteiger partial charge on any atom is 0.231 e. The predicted molar refractivity (Wildman–Crippen MR) is 117 cm³/mol. The summed E-state index contributed by atoms with van der Waals surface area (Å²) in [5, 5.41) is 0.976. The summed E-state index contributed by atoms with van der Waals surface area (Å²) >= 11 is 12.1. The molecule has 0 radical (unpaired) electrons. The van der Waals surface area contributed by atoms with Crippen molar-refractivity contribution in [2.24, 2.45) is 0 Å². The molecule has 144 valence electrons. The molecule has 0 spiro atoms. The van der Waals surface area contributed by atoms with Crippen molar-refractivity contribution >= 4 is 41.1 Å². The van der Waals surface area contributed by atoms with Crippen LogP contribution in [0.4, 0.5) is 0 Å². The van der Waals surface area contributed by atoms with Crippen LogP contribution in [0.25, 0.3) is 12.2 Å². The third-order valence-electron chi connectivity index (χ3n) is 4.51. The Kier molecular flexibility index (Phi) is 5.43. The van der Waals surface area contributed by atoms with Crippen LogP contribution in [0.3, 0.4) is 0 Å². The second-order valence-corrected chi connectivity index (χ2v) is 7.34. The summed E-state index contributed by atoms with van der Waals surface area (Å²) in [5.41, 5.74) is 3.24. The van der Waals surface area contributed by atoms with E-state index in [1.54, 1.807) is 48.6 Å². The number of ketones is 1. The number of hydrogen-bond acceptors (Lipinski definition) is 3. The van der Waals surface area contributed by atoms with E-state index >= 15 is 0 Å². The van der Waals surface area contributed by atoms with Gasteiger partial charge < -0.3 is 9.47 Å². The van der Waals surface area contributed by atoms with Crippen LogP contribution in [-0.2, 0) is 6.61 Å². The number of ether oxygens (including phenoxy) is 2. The van der Waals surface area contributed by atoms with Gasteiger partial charge in [0.2, 0.25) is 5.78 Å². The summed E-state index contributed by atoms with van der Waals surface area (Å²) in [6.45, 7) is 4.15. The average Bonchev–Trinajstić information content (AvgIpc) is 3.03. The molecule has 3 aromatic carbocycles. The highest BCUT2D eigenvalue weighted by Crippen LogP contribution is 2.36. The Morgan fingerprint density at radius 3 is 2.52 bits per heavy atom. The van der Waals surface area contributed by atoms with E-state index in [-0.39, 0.29) is 11.5 Å². The fraction of sp³-hybridized carbons (Fsp3) is 0.0417. The number of rotatable bonds is 5. The number of allylic oxidation sites excluding steroid dienone is 1. The molecule has 1 heterocycles. The van der Waals surface area contributed by atoms with Crippen LogP contribution in [0.5, 0.6) is 11.5 Å². The summed E-state index contributed by atoms with van der Waals surface area (Å²) in [6.07, 6.45) is 3.41. The molecular weight excluding hydrogens is 407 g/mol. The third-order valence-corrected chi connectivity index (χ3v) is 5.07. The van der Waals surface area contributed by atoms with E-state index in [1.165, 1.54) is 0 Å². The van der Waals surface area contributed by atoms with Crippen LogP contribution in [-0.4, -0.2) is 5.78 Å². The molecular formula is C24H16Cl2O3. The molecule has 0 fully saturated rings. The molecule has 0 aliphatic carbocycles. The quantitative estimate of drug-likeness (QED) is 0.422. The molecule has 3 nitrogen and oxygen atoms in total. The lowest BCUT2D eigenvalue weighted by Crippen LogP contribution is -1.98. The van der Waals surface area contributed by atoms with Crippen molar-refractivity contribution < 1.29 is 14.3 Å². The zero-order chi connectivity index (χ0) is 20.4. The molecule has 0 saturated heterocycles. The maximum absolute atomic E-state index is 12.6. The van der Waals surface area contributed by atoms with Crippen LogP contribution < -0.4 is 9.47 Å². The van der Waals surface area contributed by atoms with Crippen LogP contribution >= 0.6 is 23.2 Å². The van der Waals surface area contributed by atoms with Gasteiger partial charge in [-0.15, -0.1) is 0 Å². The number of benzene rings is 3. The van der Waals surface area contributed by atoms with Gasteiger partial charge in [-0.05, 0) is 47.0 Å². The molecule has 0 amide bonds. The highest BCUT2D eigenvalue weighted by atomic mass is 35.5. The lowest BCUT2D eigenvalue weighted by Gasteiger charge is -2.07. The lowest BCUT2D eigenvalue weighted by molar-refractivity contribution is 0.101. The van der Waals surface area contributed by atoms with Gasteiger partial charge in [0.15, 0.2) is 5.76 Å². The molecule has 0 atom stereocenters. The van der Waals surface area contributed by atoms with Crippen LogP contribution in [0, 0.1) is 0 Å². The molecule has 0 saturated carbocycles. The van der Waals surface area contributed by atoms with Crippen molar-refractivity contribution in [1.82, 2.24) is 0 Å². The van der Waals surface area contributed by atoms with Crippen molar-refractivity contribution in [3.8, 4) is 11.5 Å². The first-order valence-electron chi connectivity index (χ1n) is 8.91. The van der Waals surface area contributed by atoms with Crippen molar-refractivity contribution in [1.29, 1.82) is 0 Å². The first kappa shape index (κ1) is 19.3. The normalized spacial score (nSPS) is 13.9. The van der Waals surface area contributed by atoms with E-state index in [0.717, 1.165) is 11.1 Å². The van der Waals surface area contributed by atoms with Gasteiger partial charge in [-0.1, -0.05) is 66.2 Å². The minimum Gasteiger partial charge on any atom is -0.489 e. The smallest absolute Gasteiger partial charge is 0.231 e. The fourth-order valence-electron chi connectivity index (χ4n) is 2.93. The van der Waals surface area contributed by atoms with Gasteiger partial charge in [0.25, 0.3) is 0 Å². The Morgan fingerprint density at radius 2 is 1.79 bits per heavy atom. The van der Waals surface area contributed by atoms with E-state index in [9.17, 15) is 4.79 Å². The molecule has 0 N–H and O–H groups in total. The first-order valence-corrected chi connectivity index (χ1v) is 9.66. The van der Waals surface area contributed by atoms with E-state index in [0.29, 0.717) is 39.3 Å². The third kappa shape index (κ3) is 4.21. The van der Waals surface area contributed by atoms with Gasteiger partial charge >= 0.3 is 0 Å². The molecule has 1 aliphatic rings. The summed E-state index contributed by atoms with van der Waals surface area (Å²) < 4.78 is 11.6. The van der Waals surface area contributed by atoms with Gasteiger partial charge in [-0.25, -0.2) is 0 Å². The SMILES string of the molecule is C=Cc1ccc(COc2ccc3c(c2)O/C(=C\c2ccc(Cl)cc2Cl)C3=O)cc1. The number of carbonyl (C=O) groups excluding carboxylic acids is 1. The number of Topliss-reactive ketones (excluding diaryl/α,β-unsaturated/α-hetero) is 1. The fourth-order valence-corrected chi connectivity index (χ4v) is 3.40. The Balaban J connectivity index is 1.50. The van der Waals surface area contributed by atoms with Crippen molar-refractivity contribution in [3.63, 3.8) is 0 Å². The molecule has 0 unspecified atom stereocenters. The highest BCUT2D eigenvalue weighted by molar-refractivity contribution is 6.35. The second kappa shape index (κ2) is 8.16. The minimum atomic E-state index is -0.197. The topological polar surface area (TPSA) is 35.5 Å². The van der Waals surface area contributed by atoms with Gasteiger partial charge in [-0.3, -0.25) is 4.79 Å². The Morgan fingerprint density at radius 1 is 1.00 bits per heavy atom. The summed E-state index contributed by atoms with van der Waals surface area (Å²) in [5.74, 6) is 1.10. The second-order valence-electron chi connectivity index (χ2n) is 6.50. The minimum absolute atomic E-state index is 0.197. The van der Waals surface area contributed by atoms with Crippen LogP contribution in [0.2, 0.25) is 10.0 Å². The Labute approximate surface area is 178 Å². The zero-order valence-corrected chi connectivity index (χ0v) is 16.8.